The molecule has 7 nitrogen and oxygen atoms in total. The van der Waals surface area contributed by atoms with Crippen molar-refractivity contribution in [2.75, 3.05) is 5.32 Å². The van der Waals surface area contributed by atoms with Gasteiger partial charge in [-0.15, -0.1) is 0 Å². The van der Waals surface area contributed by atoms with Crippen molar-refractivity contribution in [1.82, 2.24) is 14.9 Å². The second-order valence-electron chi connectivity index (χ2n) is 6.34. The molecule has 2 aromatic heterocycles. The van der Waals surface area contributed by atoms with E-state index >= 15 is 0 Å². The largest absolute Gasteiger partial charge is 0.324 e. The highest BCUT2D eigenvalue weighted by Gasteiger charge is 2.40. The van der Waals surface area contributed by atoms with Gasteiger partial charge in [0.2, 0.25) is 5.91 Å². The summed E-state index contributed by atoms with van der Waals surface area (Å²) in [5.41, 5.74) is 1.15. The number of rotatable bonds is 5. The van der Waals surface area contributed by atoms with Crippen LogP contribution in [0.25, 0.3) is 0 Å². The van der Waals surface area contributed by atoms with Crippen molar-refractivity contribution in [2.24, 2.45) is 0 Å². The molecule has 8 heteroatoms. The molecule has 1 aliphatic rings. The second-order valence-corrected chi connectivity index (χ2v) is 7.38. The fourth-order valence-electron chi connectivity index (χ4n) is 2.98. The van der Waals surface area contributed by atoms with Crippen molar-refractivity contribution >= 4 is 35.2 Å². The van der Waals surface area contributed by atoms with E-state index in [1.165, 1.54) is 18.7 Å². The van der Waals surface area contributed by atoms with Crippen molar-refractivity contribution in [1.29, 1.82) is 0 Å². The van der Waals surface area contributed by atoms with Gasteiger partial charge in [-0.3, -0.25) is 19.3 Å². The first-order valence-electron chi connectivity index (χ1n) is 8.87. The molecule has 0 radical (unpaired) electrons. The molecule has 29 heavy (non-hydrogen) atoms. The summed E-state index contributed by atoms with van der Waals surface area (Å²) in [6.45, 7) is 1.53. The highest BCUT2D eigenvalue weighted by molar-refractivity contribution is 7.99. The van der Waals surface area contributed by atoms with Crippen LogP contribution in [0.4, 0.5) is 5.69 Å². The molecule has 3 heterocycles. The molecule has 0 spiro atoms. The van der Waals surface area contributed by atoms with E-state index in [0.29, 0.717) is 21.8 Å². The smallest absolute Gasteiger partial charge is 0.262 e. The van der Waals surface area contributed by atoms with Crippen molar-refractivity contribution in [3.63, 3.8) is 0 Å². The number of aromatic nitrogens is 2. The Balaban J connectivity index is 1.48. The van der Waals surface area contributed by atoms with Gasteiger partial charge < -0.3 is 5.32 Å². The van der Waals surface area contributed by atoms with E-state index in [-0.39, 0.29) is 0 Å². The highest BCUT2D eigenvalue weighted by atomic mass is 32.2. The van der Waals surface area contributed by atoms with Crippen LogP contribution in [0.1, 0.15) is 27.6 Å². The fourth-order valence-corrected chi connectivity index (χ4v) is 3.76. The molecule has 3 aromatic rings. The predicted molar refractivity (Wildman–Crippen MR) is 108 cm³/mol. The maximum atomic E-state index is 12.7. The molecule has 1 atom stereocenters. The minimum atomic E-state index is -0.956. The molecule has 3 amide bonds. The number of carbonyl (C=O) groups is 3. The summed E-state index contributed by atoms with van der Waals surface area (Å²) >= 11 is 1.36. The standard InChI is InChI=1S/C21H16N4O3S/c1-13(25-20(27)15-6-2-3-7-16(15)21(25)28)19(26)24-14-9-11-23-18(12-14)29-17-8-4-5-10-22-17/h2-13H,1H3,(H,23,24,26). The van der Waals surface area contributed by atoms with Gasteiger partial charge in [-0.1, -0.05) is 30.0 Å². The number of carbonyl (C=O) groups excluding carboxylic acids is 3. The molecule has 0 aliphatic carbocycles. The first-order chi connectivity index (χ1) is 14.0. The molecule has 4 rings (SSSR count). The lowest BCUT2D eigenvalue weighted by molar-refractivity contribution is -0.119. The van der Waals surface area contributed by atoms with Gasteiger partial charge in [0.1, 0.15) is 16.1 Å². The molecule has 1 aliphatic heterocycles. The zero-order valence-electron chi connectivity index (χ0n) is 15.4. The Kier molecular flexibility index (Phi) is 5.09. The van der Waals surface area contributed by atoms with Crippen molar-refractivity contribution in [3.05, 3.63) is 78.1 Å². The summed E-state index contributed by atoms with van der Waals surface area (Å²) in [4.78, 5) is 47.3. The molecular formula is C21H16N4O3S. The number of imide groups is 1. The summed E-state index contributed by atoms with van der Waals surface area (Å²) in [6, 6.07) is 14.5. The number of nitrogens with zero attached hydrogens (tertiary/aromatic N) is 3. The third-order valence-corrected chi connectivity index (χ3v) is 5.32. The number of anilines is 1. The minimum Gasteiger partial charge on any atom is -0.324 e. The summed E-state index contributed by atoms with van der Waals surface area (Å²) in [5.74, 6) is -1.39. The van der Waals surface area contributed by atoms with Gasteiger partial charge in [0, 0.05) is 18.1 Å². The normalized spacial score (nSPS) is 13.9. The number of pyridine rings is 2. The molecular weight excluding hydrogens is 388 g/mol. The Labute approximate surface area is 171 Å². The van der Waals surface area contributed by atoms with Crippen LogP contribution in [0.2, 0.25) is 0 Å². The van der Waals surface area contributed by atoms with Gasteiger partial charge in [-0.05, 0) is 43.3 Å². The first kappa shape index (κ1) is 18.8. The predicted octanol–water partition coefficient (Wildman–Crippen LogP) is 3.25. The van der Waals surface area contributed by atoms with Crippen molar-refractivity contribution < 1.29 is 14.4 Å². The van der Waals surface area contributed by atoms with Crippen LogP contribution in [-0.2, 0) is 4.79 Å². The maximum Gasteiger partial charge on any atom is 0.262 e. The van der Waals surface area contributed by atoms with Crippen LogP contribution in [-0.4, -0.2) is 38.6 Å². The average molecular weight is 404 g/mol. The first-order valence-corrected chi connectivity index (χ1v) is 9.69. The lowest BCUT2D eigenvalue weighted by Crippen LogP contribution is -2.45. The van der Waals surface area contributed by atoms with Crippen LogP contribution in [0.3, 0.4) is 0 Å². The Morgan fingerprint density at radius 2 is 1.59 bits per heavy atom. The number of hydrogen-bond donors (Lipinski definition) is 1. The van der Waals surface area contributed by atoms with Crippen LogP contribution in [0.5, 0.6) is 0 Å². The van der Waals surface area contributed by atoms with Crippen molar-refractivity contribution in [2.45, 2.75) is 23.0 Å². The van der Waals surface area contributed by atoms with E-state index < -0.39 is 23.8 Å². The Morgan fingerprint density at radius 1 is 0.931 bits per heavy atom. The van der Waals surface area contributed by atoms with Crippen LogP contribution in [0.15, 0.2) is 77.0 Å². The molecule has 0 saturated heterocycles. The number of benzene rings is 1. The molecule has 0 saturated carbocycles. The third-order valence-electron chi connectivity index (χ3n) is 4.44. The third kappa shape index (κ3) is 3.74. The van der Waals surface area contributed by atoms with Crippen LogP contribution in [0, 0.1) is 0 Å². The van der Waals surface area contributed by atoms with E-state index in [2.05, 4.69) is 15.3 Å². The van der Waals surface area contributed by atoms with Crippen LogP contribution < -0.4 is 5.32 Å². The van der Waals surface area contributed by atoms with E-state index in [4.69, 9.17) is 0 Å². The zero-order chi connectivity index (χ0) is 20.4. The molecule has 144 valence electrons. The topological polar surface area (TPSA) is 92.3 Å². The van der Waals surface area contributed by atoms with E-state index in [1.54, 1.807) is 48.8 Å². The zero-order valence-corrected chi connectivity index (χ0v) is 16.2. The molecule has 1 unspecified atom stereocenters. The number of nitrogens with one attached hydrogen (secondary N) is 1. The minimum absolute atomic E-state index is 0.315. The molecule has 0 fully saturated rings. The lowest BCUT2D eigenvalue weighted by atomic mass is 10.1. The second kappa shape index (κ2) is 7.84. The van der Waals surface area contributed by atoms with Gasteiger partial charge in [0.05, 0.1) is 11.1 Å². The lowest BCUT2D eigenvalue weighted by Gasteiger charge is -2.21. The van der Waals surface area contributed by atoms with Gasteiger partial charge in [0.25, 0.3) is 11.8 Å². The quantitative estimate of drug-likeness (QED) is 0.657. The van der Waals surface area contributed by atoms with Crippen LogP contribution >= 0.6 is 11.8 Å². The molecule has 0 bridgehead atoms. The molecule has 1 N–H and O–H groups in total. The monoisotopic (exact) mass is 404 g/mol. The summed E-state index contributed by atoms with van der Waals surface area (Å²) in [6.07, 6.45) is 3.27. The number of fused-ring (bicyclic) bond motifs is 1. The van der Waals surface area contributed by atoms with Gasteiger partial charge in [0.15, 0.2) is 0 Å². The van der Waals surface area contributed by atoms with Gasteiger partial charge in [-0.2, -0.15) is 0 Å². The summed E-state index contributed by atoms with van der Waals surface area (Å²) in [7, 11) is 0. The molecule has 1 aromatic carbocycles. The SMILES string of the molecule is CC(C(=O)Nc1ccnc(Sc2ccccn2)c1)N1C(=O)c2ccccc2C1=O. The highest BCUT2D eigenvalue weighted by Crippen LogP contribution is 2.27. The summed E-state index contributed by atoms with van der Waals surface area (Å²) in [5, 5.41) is 4.20. The maximum absolute atomic E-state index is 12.7. The summed E-state index contributed by atoms with van der Waals surface area (Å²) < 4.78 is 0. The Bertz CT molecular complexity index is 1070. The van der Waals surface area contributed by atoms with E-state index in [1.807, 2.05) is 18.2 Å². The Hall–Kier alpha value is -3.52. The van der Waals surface area contributed by atoms with E-state index in [0.717, 1.165) is 9.93 Å². The van der Waals surface area contributed by atoms with E-state index in [9.17, 15) is 14.4 Å². The van der Waals surface area contributed by atoms with Crippen molar-refractivity contribution in [3.8, 4) is 0 Å². The number of hydrogen-bond acceptors (Lipinski definition) is 6. The van der Waals surface area contributed by atoms with Gasteiger partial charge >= 0.3 is 0 Å². The Morgan fingerprint density at radius 3 is 2.24 bits per heavy atom. The fraction of sp³-hybridized carbons (Fsp3) is 0.0952. The number of amides is 3. The average Bonchev–Trinajstić information content (AvgIpc) is 2.99. The van der Waals surface area contributed by atoms with Gasteiger partial charge in [-0.25, -0.2) is 9.97 Å².